The van der Waals surface area contributed by atoms with Gasteiger partial charge in [0.1, 0.15) is 0 Å². The van der Waals surface area contributed by atoms with Gasteiger partial charge in [0.05, 0.1) is 28.3 Å². The maximum atomic E-state index is 13.2. The molecule has 0 atom stereocenters. The number of halogens is 1. The van der Waals surface area contributed by atoms with E-state index in [2.05, 4.69) is 20.9 Å². The van der Waals surface area contributed by atoms with Crippen LogP contribution in [0.3, 0.4) is 0 Å². The molecule has 1 aliphatic rings. The topological polar surface area (TPSA) is 77.4 Å². The summed E-state index contributed by atoms with van der Waals surface area (Å²) in [6.07, 6.45) is 1.80. The smallest absolute Gasteiger partial charge is 0.344 e. The van der Waals surface area contributed by atoms with Crippen LogP contribution in [-0.4, -0.2) is 47.8 Å². The van der Waals surface area contributed by atoms with Crippen molar-refractivity contribution in [3.8, 4) is 11.5 Å². The zero-order chi connectivity index (χ0) is 24.7. The Morgan fingerprint density at radius 1 is 1.15 bits per heavy atom. The van der Waals surface area contributed by atoms with Gasteiger partial charge >= 0.3 is 5.97 Å². The summed E-state index contributed by atoms with van der Waals surface area (Å²) in [4.78, 5) is 31.8. The number of nitrogens with zero attached hydrogens (tertiary/aromatic N) is 2. The van der Waals surface area contributed by atoms with Crippen molar-refractivity contribution in [2.24, 2.45) is 4.99 Å². The van der Waals surface area contributed by atoms with Gasteiger partial charge in [-0.15, -0.1) is 0 Å². The number of thioether (sulfide) groups is 1. The molecule has 1 amide bonds. The molecule has 0 radical (unpaired) electrons. The van der Waals surface area contributed by atoms with Crippen LogP contribution in [-0.2, 0) is 14.3 Å². The predicted octanol–water partition coefficient (Wildman–Crippen LogP) is 5.80. The minimum absolute atomic E-state index is 0.0438. The van der Waals surface area contributed by atoms with Crippen LogP contribution in [0.4, 0.5) is 5.69 Å². The zero-order valence-electron chi connectivity index (χ0n) is 19.5. The van der Waals surface area contributed by atoms with E-state index in [1.54, 1.807) is 24.0 Å². The van der Waals surface area contributed by atoms with Crippen LogP contribution in [0.1, 0.15) is 33.3 Å². The molecule has 3 rings (SSSR count). The minimum Gasteiger partial charge on any atom is -0.490 e. The highest BCUT2D eigenvalue weighted by molar-refractivity contribution is 9.10. The molecular formula is C25H27BrN2O5S. The first-order valence-electron chi connectivity index (χ1n) is 11.0. The molecule has 1 aliphatic heterocycles. The Kier molecular flexibility index (Phi) is 9.18. The lowest BCUT2D eigenvalue weighted by atomic mass is 10.1. The monoisotopic (exact) mass is 546 g/mol. The molecule has 1 saturated heterocycles. The summed E-state index contributed by atoms with van der Waals surface area (Å²) in [5.74, 6) is 0.293. The van der Waals surface area contributed by atoms with Crippen LogP contribution >= 0.6 is 27.7 Å². The number of hydrogen-bond acceptors (Lipinski definition) is 7. The number of ether oxygens (including phenoxy) is 3. The van der Waals surface area contributed by atoms with E-state index in [0.717, 1.165) is 11.3 Å². The number of esters is 1. The zero-order valence-corrected chi connectivity index (χ0v) is 21.9. The van der Waals surface area contributed by atoms with Crippen molar-refractivity contribution in [2.45, 2.75) is 33.7 Å². The molecule has 0 spiro atoms. The van der Waals surface area contributed by atoms with Gasteiger partial charge in [0, 0.05) is 6.04 Å². The Balaban J connectivity index is 1.92. The normalized spacial score (nSPS) is 15.9. The molecule has 7 nitrogen and oxygen atoms in total. The van der Waals surface area contributed by atoms with Crippen molar-refractivity contribution in [1.29, 1.82) is 0 Å². The van der Waals surface area contributed by atoms with Crippen LogP contribution in [0.15, 0.2) is 56.8 Å². The molecule has 34 heavy (non-hydrogen) atoms. The maximum absolute atomic E-state index is 13.2. The van der Waals surface area contributed by atoms with E-state index in [0.29, 0.717) is 32.7 Å². The molecule has 9 heteroatoms. The van der Waals surface area contributed by atoms with E-state index in [4.69, 9.17) is 14.2 Å². The number of benzene rings is 2. The minimum atomic E-state index is -0.463. The first-order chi connectivity index (χ1) is 16.3. The Morgan fingerprint density at radius 2 is 1.88 bits per heavy atom. The van der Waals surface area contributed by atoms with Gasteiger partial charge in [-0.25, -0.2) is 9.79 Å². The highest BCUT2D eigenvalue weighted by Crippen LogP contribution is 2.40. The van der Waals surface area contributed by atoms with Crippen molar-refractivity contribution >= 4 is 56.5 Å². The van der Waals surface area contributed by atoms with E-state index in [1.807, 2.05) is 57.2 Å². The van der Waals surface area contributed by atoms with Crippen LogP contribution < -0.4 is 9.47 Å². The van der Waals surface area contributed by atoms with Crippen LogP contribution in [0.5, 0.6) is 11.5 Å². The predicted molar refractivity (Wildman–Crippen MR) is 139 cm³/mol. The molecule has 0 aromatic heterocycles. The van der Waals surface area contributed by atoms with E-state index < -0.39 is 5.97 Å². The molecule has 0 unspecified atom stereocenters. The SMILES string of the molecule is CCOC(=O)COc1c(Br)cc(/C=C2/SC(=Nc3ccccc3)N(C(C)C)C2=O)cc1OCC. The molecule has 0 bridgehead atoms. The number of aliphatic imine (C=N–C) groups is 1. The van der Waals surface area contributed by atoms with Gasteiger partial charge < -0.3 is 14.2 Å². The highest BCUT2D eigenvalue weighted by atomic mass is 79.9. The van der Waals surface area contributed by atoms with Gasteiger partial charge in [-0.1, -0.05) is 18.2 Å². The molecule has 0 N–H and O–H groups in total. The fourth-order valence-electron chi connectivity index (χ4n) is 3.19. The molecule has 1 fully saturated rings. The van der Waals surface area contributed by atoms with E-state index in [9.17, 15) is 9.59 Å². The summed E-state index contributed by atoms with van der Waals surface area (Å²) in [5.41, 5.74) is 1.54. The van der Waals surface area contributed by atoms with Gasteiger partial charge in [0.15, 0.2) is 23.3 Å². The number of amides is 1. The second-order valence-corrected chi connectivity index (χ2v) is 9.33. The number of hydrogen-bond donors (Lipinski definition) is 0. The summed E-state index contributed by atoms with van der Waals surface area (Å²) >= 11 is 4.83. The van der Waals surface area contributed by atoms with Crippen LogP contribution in [0.2, 0.25) is 0 Å². The Morgan fingerprint density at radius 3 is 2.53 bits per heavy atom. The third-order valence-electron chi connectivity index (χ3n) is 4.60. The lowest BCUT2D eigenvalue weighted by Crippen LogP contribution is -2.35. The van der Waals surface area contributed by atoms with E-state index in [-0.39, 0.29) is 25.2 Å². The molecule has 1 heterocycles. The van der Waals surface area contributed by atoms with Gasteiger partial charge in [-0.05, 0) is 91.3 Å². The summed E-state index contributed by atoms with van der Waals surface area (Å²) < 4.78 is 16.9. The van der Waals surface area contributed by atoms with Crippen molar-refractivity contribution in [1.82, 2.24) is 4.90 Å². The largest absolute Gasteiger partial charge is 0.490 e. The summed E-state index contributed by atoms with van der Waals surface area (Å²) in [7, 11) is 0. The third kappa shape index (κ3) is 6.42. The first kappa shape index (κ1) is 25.8. The van der Waals surface area contributed by atoms with Crippen LogP contribution in [0, 0.1) is 0 Å². The summed E-state index contributed by atoms with van der Waals surface area (Å²) in [6, 6.07) is 13.1. The van der Waals surface area contributed by atoms with Crippen molar-refractivity contribution in [2.75, 3.05) is 19.8 Å². The third-order valence-corrected chi connectivity index (χ3v) is 6.18. The Hall–Kier alpha value is -2.78. The lowest BCUT2D eigenvalue weighted by molar-refractivity contribution is -0.145. The second kappa shape index (κ2) is 12.1. The summed E-state index contributed by atoms with van der Waals surface area (Å²) in [6.45, 7) is 7.97. The Bertz CT molecular complexity index is 1100. The number of carbonyl (C=O) groups is 2. The van der Waals surface area contributed by atoms with Gasteiger partial charge in [-0.3, -0.25) is 9.69 Å². The van der Waals surface area contributed by atoms with Gasteiger partial charge in [0.25, 0.3) is 5.91 Å². The number of carbonyl (C=O) groups excluding carboxylic acids is 2. The number of para-hydroxylation sites is 1. The van der Waals surface area contributed by atoms with E-state index in [1.165, 1.54) is 11.8 Å². The highest BCUT2D eigenvalue weighted by Gasteiger charge is 2.35. The molecule has 2 aromatic rings. The molecule has 2 aromatic carbocycles. The summed E-state index contributed by atoms with van der Waals surface area (Å²) in [5, 5.41) is 0.635. The Labute approximate surface area is 212 Å². The second-order valence-electron chi connectivity index (χ2n) is 7.47. The average Bonchev–Trinajstić information content (AvgIpc) is 3.09. The number of amidine groups is 1. The van der Waals surface area contributed by atoms with Crippen molar-refractivity contribution in [3.63, 3.8) is 0 Å². The first-order valence-corrected chi connectivity index (χ1v) is 12.6. The molecular weight excluding hydrogens is 520 g/mol. The molecule has 0 saturated carbocycles. The quantitative estimate of drug-likeness (QED) is 0.292. The van der Waals surface area contributed by atoms with Crippen molar-refractivity contribution in [3.05, 3.63) is 57.4 Å². The van der Waals surface area contributed by atoms with Crippen LogP contribution in [0.25, 0.3) is 6.08 Å². The molecule has 0 aliphatic carbocycles. The molecule has 180 valence electrons. The lowest BCUT2D eigenvalue weighted by Gasteiger charge is -2.19. The average molecular weight is 547 g/mol. The standard InChI is InChI=1S/C25H27BrN2O5S/c1-5-31-20-13-17(12-19(26)23(20)33-15-22(29)32-6-2)14-21-24(30)28(16(3)4)25(34-21)27-18-10-8-7-9-11-18/h7-14,16H,5-6,15H2,1-4H3/b21-14+,27-25?. The van der Waals surface area contributed by atoms with Gasteiger partial charge in [0.2, 0.25) is 0 Å². The fourth-order valence-corrected chi connectivity index (χ4v) is 4.89. The number of rotatable bonds is 9. The maximum Gasteiger partial charge on any atom is 0.344 e. The van der Waals surface area contributed by atoms with E-state index >= 15 is 0 Å². The fraction of sp³-hybridized carbons (Fsp3) is 0.320. The van der Waals surface area contributed by atoms with Gasteiger partial charge in [-0.2, -0.15) is 0 Å². The van der Waals surface area contributed by atoms with Crippen molar-refractivity contribution < 1.29 is 23.8 Å².